The van der Waals surface area contributed by atoms with Crippen molar-refractivity contribution in [1.29, 1.82) is 0 Å². The second-order valence-corrected chi connectivity index (χ2v) is 7.03. The van der Waals surface area contributed by atoms with Crippen LogP contribution in [0.1, 0.15) is 5.56 Å². The number of aliphatic imine (C=N–C) groups is 1. The minimum atomic E-state index is -0.757. The molecule has 9 heteroatoms. The van der Waals surface area contributed by atoms with Gasteiger partial charge in [-0.25, -0.2) is 19.3 Å². The van der Waals surface area contributed by atoms with Crippen LogP contribution >= 0.6 is 11.3 Å². The predicted molar refractivity (Wildman–Crippen MR) is 114 cm³/mol. The molecule has 0 saturated heterocycles. The van der Waals surface area contributed by atoms with Crippen LogP contribution in [-0.2, 0) is 0 Å². The lowest BCUT2D eigenvalue weighted by Gasteiger charge is -2.09. The maximum Gasteiger partial charge on any atom is 0.335 e. The number of anilines is 1. The van der Waals surface area contributed by atoms with E-state index in [4.69, 9.17) is 5.73 Å². The first-order chi connectivity index (χ1) is 14.0. The van der Waals surface area contributed by atoms with Crippen molar-refractivity contribution in [2.24, 2.45) is 4.99 Å². The summed E-state index contributed by atoms with van der Waals surface area (Å²) in [5.41, 5.74) is 5.44. The van der Waals surface area contributed by atoms with Crippen LogP contribution < -0.4 is 17.0 Å². The Hall–Kier alpha value is -3.98. The number of rotatable bonds is 4. The van der Waals surface area contributed by atoms with E-state index in [0.29, 0.717) is 16.6 Å². The Morgan fingerprint density at radius 3 is 2.41 bits per heavy atom. The summed E-state index contributed by atoms with van der Waals surface area (Å²) in [5.74, 6) is -0.201. The van der Waals surface area contributed by atoms with Crippen molar-refractivity contribution in [2.45, 2.75) is 0 Å². The van der Waals surface area contributed by atoms with E-state index < -0.39 is 17.1 Å². The van der Waals surface area contributed by atoms with E-state index in [2.05, 4.69) is 15.0 Å². The number of thiazole rings is 1. The summed E-state index contributed by atoms with van der Waals surface area (Å²) in [6.07, 6.45) is 1.17. The van der Waals surface area contributed by atoms with Crippen LogP contribution in [0.3, 0.4) is 0 Å². The van der Waals surface area contributed by atoms with Crippen LogP contribution in [0.15, 0.2) is 75.2 Å². The molecule has 0 aliphatic carbocycles. The van der Waals surface area contributed by atoms with E-state index in [-0.39, 0.29) is 5.56 Å². The van der Waals surface area contributed by atoms with E-state index in [1.807, 2.05) is 30.3 Å². The number of hydrogen-bond donors (Lipinski definition) is 3. The molecule has 144 valence electrons. The number of aromatic hydroxyl groups is 1. The number of H-pyrrole nitrogens is 1. The van der Waals surface area contributed by atoms with Gasteiger partial charge in [-0.05, 0) is 17.7 Å². The van der Waals surface area contributed by atoms with Crippen LogP contribution in [0, 0.1) is 0 Å². The standard InChI is InChI=1S/C20H15N5O3S/c21-19-23-16(15(29-19)12-7-3-1-4-8-12)22-11-14-17(26)24-20(28)25(18(14)27)13-9-5-2-6-10-13/h1-11,27H,(H2,21,23)(H,24,26,28). The Morgan fingerprint density at radius 1 is 1.07 bits per heavy atom. The zero-order valence-corrected chi connectivity index (χ0v) is 15.8. The molecule has 4 rings (SSSR count). The second kappa shape index (κ2) is 7.56. The molecule has 2 aromatic carbocycles. The van der Waals surface area contributed by atoms with Crippen molar-refractivity contribution in [1.82, 2.24) is 14.5 Å². The summed E-state index contributed by atoms with van der Waals surface area (Å²) in [7, 11) is 0. The molecule has 29 heavy (non-hydrogen) atoms. The Morgan fingerprint density at radius 2 is 1.72 bits per heavy atom. The minimum absolute atomic E-state index is 0.168. The van der Waals surface area contributed by atoms with Crippen LogP contribution in [0.4, 0.5) is 10.9 Å². The number of para-hydroxylation sites is 1. The minimum Gasteiger partial charge on any atom is -0.493 e. The van der Waals surface area contributed by atoms with Gasteiger partial charge in [-0.3, -0.25) is 9.78 Å². The fourth-order valence-corrected chi connectivity index (χ4v) is 3.58. The maximum absolute atomic E-state index is 12.3. The van der Waals surface area contributed by atoms with Gasteiger partial charge in [-0.15, -0.1) is 0 Å². The number of hydrogen-bond acceptors (Lipinski definition) is 7. The molecule has 0 saturated carbocycles. The van der Waals surface area contributed by atoms with Gasteiger partial charge in [-0.1, -0.05) is 59.9 Å². The average molecular weight is 405 g/mol. The molecule has 4 aromatic rings. The molecule has 0 spiro atoms. The van der Waals surface area contributed by atoms with Gasteiger partial charge < -0.3 is 10.8 Å². The quantitative estimate of drug-likeness (QED) is 0.450. The summed E-state index contributed by atoms with van der Waals surface area (Å²) >= 11 is 1.26. The maximum atomic E-state index is 12.3. The molecule has 0 unspecified atom stereocenters. The van der Waals surface area contributed by atoms with E-state index >= 15 is 0 Å². The van der Waals surface area contributed by atoms with E-state index in [9.17, 15) is 14.7 Å². The third kappa shape index (κ3) is 3.58. The summed E-state index contributed by atoms with van der Waals surface area (Å²) < 4.78 is 0.996. The van der Waals surface area contributed by atoms with Gasteiger partial charge in [0.15, 0.2) is 10.9 Å². The second-order valence-electron chi connectivity index (χ2n) is 6.00. The van der Waals surface area contributed by atoms with Gasteiger partial charge in [0.05, 0.1) is 10.6 Å². The molecule has 0 bridgehead atoms. The molecule has 0 fully saturated rings. The molecule has 2 aromatic heterocycles. The Labute approximate surface area is 168 Å². The Bertz CT molecular complexity index is 1310. The largest absolute Gasteiger partial charge is 0.493 e. The topological polar surface area (TPSA) is 126 Å². The first-order valence-electron chi connectivity index (χ1n) is 8.54. The zero-order chi connectivity index (χ0) is 20.4. The van der Waals surface area contributed by atoms with Crippen LogP contribution in [0.5, 0.6) is 5.88 Å². The van der Waals surface area contributed by atoms with Gasteiger partial charge in [0.1, 0.15) is 5.56 Å². The zero-order valence-electron chi connectivity index (χ0n) is 14.9. The lowest BCUT2D eigenvalue weighted by molar-refractivity contribution is 0.430. The Balaban J connectivity index is 1.82. The fourth-order valence-electron chi connectivity index (χ4n) is 2.79. The molecular weight excluding hydrogens is 390 g/mol. The predicted octanol–water partition coefficient (Wildman–Crippen LogP) is 2.69. The van der Waals surface area contributed by atoms with Crippen molar-refractivity contribution in [2.75, 3.05) is 5.73 Å². The highest BCUT2D eigenvalue weighted by Crippen LogP contribution is 2.36. The highest BCUT2D eigenvalue weighted by atomic mass is 32.1. The average Bonchev–Trinajstić information content (AvgIpc) is 3.09. The first kappa shape index (κ1) is 18.4. The monoisotopic (exact) mass is 405 g/mol. The third-order valence-electron chi connectivity index (χ3n) is 4.11. The fraction of sp³-hybridized carbons (Fsp3) is 0. The molecule has 0 aliphatic heterocycles. The molecule has 0 amide bonds. The van der Waals surface area contributed by atoms with Crippen molar-refractivity contribution in [3.05, 3.63) is 87.1 Å². The van der Waals surface area contributed by atoms with E-state index in [0.717, 1.165) is 15.0 Å². The van der Waals surface area contributed by atoms with Gasteiger partial charge in [0, 0.05) is 6.21 Å². The summed E-state index contributed by atoms with van der Waals surface area (Å²) in [5, 5.41) is 10.9. The number of nitrogens with two attached hydrogens (primary N) is 1. The van der Waals surface area contributed by atoms with Crippen molar-refractivity contribution < 1.29 is 5.11 Å². The highest BCUT2D eigenvalue weighted by Gasteiger charge is 2.15. The Kier molecular flexibility index (Phi) is 4.80. The van der Waals surface area contributed by atoms with E-state index in [1.54, 1.807) is 30.3 Å². The smallest absolute Gasteiger partial charge is 0.335 e. The number of aromatic amines is 1. The van der Waals surface area contributed by atoms with Crippen molar-refractivity contribution >= 4 is 28.5 Å². The van der Waals surface area contributed by atoms with Crippen molar-refractivity contribution in [3.63, 3.8) is 0 Å². The van der Waals surface area contributed by atoms with Gasteiger partial charge in [0.2, 0.25) is 5.88 Å². The molecule has 2 heterocycles. The number of nitrogens with one attached hydrogen (secondary N) is 1. The first-order valence-corrected chi connectivity index (χ1v) is 9.36. The molecule has 0 radical (unpaired) electrons. The van der Waals surface area contributed by atoms with Crippen LogP contribution in [-0.4, -0.2) is 25.9 Å². The van der Waals surface area contributed by atoms with Crippen molar-refractivity contribution in [3.8, 4) is 22.0 Å². The van der Waals surface area contributed by atoms with Gasteiger partial charge in [-0.2, -0.15) is 0 Å². The summed E-state index contributed by atoms with van der Waals surface area (Å²) in [6.45, 7) is 0. The van der Waals surface area contributed by atoms with Gasteiger partial charge in [0.25, 0.3) is 5.56 Å². The van der Waals surface area contributed by atoms with Crippen LogP contribution in [0.2, 0.25) is 0 Å². The highest BCUT2D eigenvalue weighted by molar-refractivity contribution is 7.19. The third-order valence-corrected chi connectivity index (χ3v) is 5.04. The normalized spacial score (nSPS) is 11.2. The summed E-state index contributed by atoms with van der Waals surface area (Å²) in [4.78, 5) is 35.8. The number of aromatic nitrogens is 3. The SMILES string of the molecule is Nc1nc(N=Cc2c(O)n(-c3ccccc3)c(=O)[nH]c2=O)c(-c2ccccc2)s1. The molecule has 0 atom stereocenters. The lowest BCUT2D eigenvalue weighted by Crippen LogP contribution is -2.31. The summed E-state index contributed by atoms with van der Waals surface area (Å²) in [6, 6.07) is 17.9. The molecular formula is C20H15N5O3S. The molecule has 0 aliphatic rings. The van der Waals surface area contributed by atoms with Crippen LogP contribution in [0.25, 0.3) is 16.1 Å². The number of nitrogens with zero attached hydrogens (tertiary/aromatic N) is 3. The number of nitrogen functional groups attached to an aromatic ring is 1. The van der Waals surface area contributed by atoms with Gasteiger partial charge >= 0.3 is 5.69 Å². The molecule has 8 nitrogen and oxygen atoms in total. The van der Waals surface area contributed by atoms with E-state index in [1.165, 1.54) is 17.6 Å². The lowest BCUT2D eigenvalue weighted by atomic mass is 10.2. The number of benzene rings is 2. The molecule has 4 N–H and O–H groups in total.